The molecule has 0 saturated carbocycles. The van der Waals surface area contributed by atoms with Crippen molar-refractivity contribution in [3.8, 4) is 22.6 Å². The number of carboxylic acid groups (broad SMARTS) is 1. The van der Waals surface area contributed by atoms with E-state index >= 15 is 4.39 Å². The van der Waals surface area contributed by atoms with Gasteiger partial charge in [-0.15, -0.1) is 0 Å². The molecule has 5 aromatic carbocycles. The number of carbonyl (C=O) groups is 2. The van der Waals surface area contributed by atoms with Crippen molar-refractivity contribution in [3.05, 3.63) is 143 Å². The highest BCUT2D eigenvalue weighted by molar-refractivity contribution is 7.91. The predicted molar refractivity (Wildman–Crippen MR) is 173 cm³/mol. The van der Waals surface area contributed by atoms with Crippen molar-refractivity contribution in [1.29, 1.82) is 0 Å². The van der Waals surface area contributed by atoms with Gasteiger partial charge in [0.1, 0.15) is 18.1 Å². The molecular formula is C35H29FN2O7S. The minimum atomic E-state index is -4.15. The number of phenolic OH excluding ortho intramolecular Hbond substituents is 1. The number of nitrogens with one attached hydrogen (secondary N) is 2. The van der Waals surface area contributed by atoms with Crippen molar-refractivity contribution in [1.82, 2.24) is 0 Å². The van der Waals surface area contributed by atoms with Crippen LogP contribution in [0.3, 0.4) is 0 Å². The minimum absolute atomic E-state index is 0.0704. The van der Waals surface area contributed by atoms with Crippen LogP contribution in [0, 0.1) is 12.7 Å². The molecule has 0 unspecified atom stereocenters. The van der Waals surface area contributed by atoms with Gasteiger partial charge in [0.25, 0.3) is 5.91 Å². The van der Waals surface area contributed by atoms with E-state index in [2.05, 4.69) is 10.0 Å². The summed E-state index contributed by atoms with van der Waals surface area (Å²) in [5.41, 5.74) is 3.19. The van der Waals surface area contributed by atoms with Gasteiger partial charge in [0.05, 0.1) is 17.0 Å². The van der Waals surface area contributed by atoms with Crippen LogP contribution in [0.5, 0.6) is 11.5 Å². The molecule has 0 aliphatic rings. The van der Waals surface area contributed by atoms with Crippen LogP contribution in [-0.2, 0) is 22.4 Å². The third-order valence-corrected chi connectivity index (χ3v) is 8.32. The third kappa shape index (κ3) is 7.69. The lowest BCUT2D eigenvalue weighted by molar-refractivity contribution is 0.0695. The summed E-state index contributed by atoms with van der Waals surface area (Å²) in [6.07, 6.45) is 0. The standard InChI is InChI=1S/C35H29FN2O7S/c1-22-19-28(37-34(40)25-11-9-23(10-12-25)24-13-16-29(39)17-14-24)15-18-32(22)45-20-26-6-4-8-31(33(26)36)38-46(43,44)21-27-5-2-3-7-30(27)35(41)42/h2-19,38-39H,20-21H2,1H3,(H,37,40)(H,41,42). The smallest absolute Gasteiger partial charge is 0.335 e. The number of carbonyl (C=O) groups excluding carboxylic acids is 1. The predicted octanol–water partition coefficient (Wildman–Crippen LogP) is 6.98. The Kier molecular flexibility index (Phi) is 9.34. The molecule has 0 fully saturated rings. The zero-order valence-corrected chi connectivity index (χ0v) is 25.3. The Morgan fingerprint density at radius 1 is 0.826 bits per heavy atom. The normalized spacial score (nSPS) is 11.1. The summed E-state index contributed by atoms with van der Waals surface area (Å²) in [7, 11) is -4.15. The zero-order valence-electron chi connectivity index (χ0n) is 24.5. The maximum absolute atomic E-state index is 15.3. The first-order chi connectivity index (χ1) is 22.0. The molecule has 0 radical (unpaired) electrons. The number of anilines is 2. The number of halogens is 1. The molecule has 9 nitrogen and oxygen atoms in total. The second-order valence-electron chi connectivity index (χ2n) is 10.4. The molecule has 0 heterocycles. The maximum atomic E-state index is 15.3. The summed E-state index contributed by atoms with van der Waals surface area (Å²) in [6.45, 7) is 1.57. The van der Waals surface area contributed by atoms with Crippen molar-refractivity contribution in [3.63, 3.8) is 0 Å². The maximum Gasteiger partial charge on any atom is 0.335 e. The molecule has 1 amide bonds. The number of sulfonamides is 1. The van der Waals surface area contributed by atoms with Gasteiger partial charge in [-0.05, 0) is 83.8 Å². The first-order valence-corrected chi connectivity index (χ1v) is 15.7. The Bertz CT molecular complexity index is 2010. The lowest BCUT2D eigenvalue weighted by Crippen LogP contribution is -2.18. The molecule has 5 rings (SSSR count). The quantitative estimate of drug-likeness (QED) is 0.122. The van der Waals surface area contributed by atoms with Gasteiger partial charge in [0.15, 0.2) is 5.82 Å². The summed E-state index contributed by atoms with van der Waals surface area (Å²) < 4.78 is 48.9. The number of amides is 1. The van der Waals surface area contributed by atoms with Crippen LogP contribution in [-0.4, -0.2) is 30.5 Å². The molecule has 0 aliphatic heterocycles. The van der Waals surface area contributed by atoms with Crippen molar-refractivity contribution in [2.24, 2.45) is 0 Å². The molecule has 0 aromatic heterocycles. The van der Waals surface area contributed by atoms with Gasteiger partial charge >= 0.3 is 5.97 Å². The molecule has 0 bridgehead atoms. The lowest BCUT2D eigenvalue weighted by atomic mass is 10.0. The Labute approximate surface area is 265 Å². The number of benzene rings is 5. The summed E-state index contributed by atoms with van der Waals surface area (Å²) in [4.78, 5) is 24.3. The molecular weight excluding hydrogens is 611 g/mol. The number of aromatic carboxylic acids is 1. The van der Waals surface area contributed by atoms with Crippen LogP contribution in [0.1, 0.15) is 37.4 Å². The molecule has 0 atom stereocenters. The number of hydrogen-bond acceptors (Lipinski definition) is 6. The Hall–Kier alpha value is -5.68. The van der Waals surface area contributed by atoms with E-state index in [1.165, 1.54) is 42.5 Å². The fourth-order valence-corrected chi connectivity index (χ4v) is 5.98. The second-order valence-corrected chi connectivity index (χ2v) is 12.2. The number of hydrogen-bond donors (Lipinski definition) is 4. The number of aromatic hydroxyl groups is 1. The highest BCUT2D eigenvalue weighted by Gasteiger charge is 2.20. The van der Waals surface area contributed by atoms with Gasteiger partial charge in [-0.2, -0.15) is 0 Å². The van der Waals surface area contributed by atoms with Gasteiger partial charge in [0, 0.05) is 16.8 Å². The number of phenols is 1. The molecule has 11 heteroatoms. The SMILES string of the molecule is Cc1cc(NC(=O)c2ccc(-c3ccc(O)cc3)cc2)ccc1OCc1cccc(NS(=O)(=O)Cc2ccccc2C(=O)O)c1F. The first-order valence-electron chi connectivity index (χ1n) is 14.0. The highest BCUT2D eigenvalue weighted by atomic mass is 32.2. The largest absolute Gasteiger partial charge is 0.508 e. The molecule has 5 aromatic rings. The van der Waals surface area contributed by atoms with Crippen LogP contribution in [0.15, 0.2) is 109 Å². The Morgan fingerprint density at radius 2 is 1.48 bits per heavy atom. The van der Waals surface area contributed by atoms with Crippen LogP contribution in [0.4, 0.5) is 15.8 Å². The number of rotatable bonds is 11. The van der Waals surface area contributed by atoms with Crippen LogP contribution in [0.2, 0.25) is 0 Å². The van der Waals surface area contributed by atoms with E-state index in [9.17, 15) is 28.2 Å². The Balaban J connectivity index is 1.21. The van der Waals surface area contributed by atoms with E-state index in [0.717, 1.165) is 11.1 Å². The van der Waals surface area contributed by atoms with E-state index < -0.39 is 27.6 Å². The molecule has 4 N–H and O–H groups in total. The van der Waals surface area contributed by atoms with E-state index in [-0.39, 0.29) is 40.6 Å². The van der Waals surface area contributed by atoms with E-state index in [1.807, 2.05) is 12.1 Å². The molecule has 0 spiro atoms. The molecule has 234 valence electrons. The number of carboxylic acids is 1. The van der Waals surface area contributed by atoms with Crippen molar-refractivity contribution in [2.45, 2.75) is 19.3 Å². The van der Waals surface area contributed by atoms with E-state index in [1.54, 1.807) is 61.5 Å². The summed E-state index contributed by atoms with van der Waals surface area (Å²) >= 11 is 0. The van der Waals surface area contributed by atoms with Crippen molar-refractivity contribution < 1.29 is 37.3 Å². The third-order valence-electron chi connectivity index (χ3n) is 7.10. The fourth-order valence-electron chi connectivity index (χ4n) is 4.75. The first kappa shape index (κ1) is 31.7. The van der Waals surface area contributed by atoms with Gasteiger partial charge in [-0.1, -0.05) is 54.6 Å². The monoisotopic (exact) mass is 640 g/mol. The Morgan fingerprint density at radius 3 is 2.15 bits per heavy atom. The topological polar surface area (TPSA) is 142 Å². The zero-order chi connectivity index (χ0) is 32.8. The fraction of sp³-hybridized carbons (Fsp3) is 0.0857. The minimum Gasteiger partial charge on any atom is -0.508 e. The average molecular weight is 641 g/mol. The molecule has 0 saturated heterocycles. The highest BCUT2D eigenvalue weighted by Crippen LogP contribution is 2.27. The average Bonchev–Trinajstić information content (AvgIpc) is 3.02. The molecule has 46 heavy (non-hydrogen) atoms. The van der Waals surface area contributed by atoms with Gasteiger partial charge in [0.2, 0.25) is 10.0 Å². The van der Waals surface area contributed by atoms with Gasteiger partial charge in [-0.25, -0.2) is 17.6 Å². The van der Waals surface area contributed by atoms with Gasteiger partial charge in [-0.3, -0.25) is 9.52 Å². The summed E-state index contributed by atoms with van der Waals surface area (Å²) in [6, 6.07) is 28.7. The lowest BCUT2D eigenvalue weighted by Gasteiger charge is -2.14. The molecule has 0 aliphatic carbocycles. The van der Waals surface area contributed by atoms with Gasteiger partial charge < -0.3 is 20.3 Å². The number of ether oxygens (including phenoxy) is 1. The second kappa shape index (κ2) is 13.5. The van der Waals surface area contributed by atoms with Crippen LogP contribution < -0.4 is 14.8 Å². The van der Waals surface area contributed by atoms with Crippen LogP contribution >= 0.6 is 0 Å². The summed E-state index contributed by atoms with van der Waals surface area (Å²) in [5, 5.41) is 21.7. The number of aryl methyl sites for hydroxylation is 1. The van der Waals surface area contributed by atoms with E-state index in [4.69, 9.17) is 4.74 Å². The summed E-state index contributed by atoms with van der Waals surface area (Å²) in [5.74, 6) is -2.43. The van der Waals surface area contributed by atoms with Crippen LogP contribution in [0.25, 0.3) is 11.1 Å². The van der Waals surface area contributed by atoms with Crippen molar-refractivity contribution >= 4 is 33.3 Å². The van der Waals surface area contributed by atoms with Crippen molar-refractivity contribution in [2.75, 3.05) is 10.0 Å². The van der Waals surface area contributed by atoms with E-state index in [0.29, 0.717) is 22.6 Å².